The maximum absolute atomic E-state index is 13.9. The predicted octanol–water partition coefficient (Wildman–Crippen LogP) is 4.75. The Labute approximate surface area is 123 Å². The Morgan fingerprint density at radius 2 is 1.95 bits per heavy atom. The zero-order valence-electron chi connectivity index (χ0n) is 12.2. The molecule has 4 heteroatoms. The molecule has 0 atom stereocenters. The summed E-state index contributed by atoms with van der Waals surface area (Å²) >= 11 is 0. The summed E-state index contributed by atoms with van der Waals surface area (Å²) in [5.41, 5.74) is 1.67. The second kappa shape index (κ2) is 5.95. The minimum absolute atomic E-state index is 0.190. The molecule has 2 aromatic rings. The van der Waals surface area contributed by atoms with E-state index in [2.05, 4.69) is 0 Å². The van der Waals surface area contributed by atoms with Gasteiger partial charge in [0.2, 0.25) is 0 Å². The maximum Gasteiger partial charge on any atom is 0.339 e. The Hall–Kier alpha value is -2.36. The number of hydrogen-bond acceptors (Lipinski definition) is 2. The van der Waals surface area contributed by atoms with E-state index >= 15 is 0 Å². The third-order valence-corrected chi connectivity index (χ3v) is 3.29. The lowest BCUT2D eigenvalue weighted by atomic mass is 10.0. The molecule has 0 aliphatic rings. The lowest BCUT2D eigenvalue weighted by molar-refractivity contribution is 0.0693. The largest absolute Gasteiger partial charge is 0.478 e. The highest BCUT2D eigenvalue weighted by molar-refractivity contribution is 5.91. The van der Waals surface area contributed by atoms with Gasteiger partial charge in [0.25, 0.3) is 0 Å². The van der Waals surface area contributed by atoms with Crippen molar-refractivity contribution in [3.8, 4) is 11.5 Å². The number of hydrogen-bond donors (Lipinski definition) is 1. The molecule has 1 N–H and O–H groups in total. The predicted molar refractivity (Wildman–Crippen MR) is 78.7 cm³/mol. The van der Waals surface area contributed by atoms with Gasteiger partial charge in [-0.2, -0.15) is 0 Å². The van der Waals surface area contributed by atoms with Gasteiger partial charge in [-0.25, -0.2) is 9.18 Å². The molecule has 0 saturated heterocycles. The quantitative estimate of drug-likeness (QED) is 0.883. The molecule has 2 rings (SSSR count). The number of carbonyl (C=O) groups is 1. The van der Waals surface area contributed by atoms with Crippen LogP contribution in [0, 0.1) is 12.7 Å². The minimum atomic E-state index is -1.22. The van der Waals surface area contributed by atoms with Crippen molar-refractivity contribution >= 4 is 5.97 Å². The first kappa shape index (κ1) is 15.0. The molecule has 21 heavy (non-hydrogen) atoms. The highest BCUT2D eigenvalue weighted by Gasteiger charge is 2.17. The molecule has 0 bridgehead atoms. The third-order valence-electron chi connectivity index (χ3n) is 3.29. The van der Waals surface area contributed by atoms with Crippen molar-refractivity contribution in [1.29, 1.82) is 0 Å². The van der Waals surface area contributed by atoms with Crippen molar-refractivity contribution < 1.29 is 19.0 Å². The van der Waals surface area contributed by atoms with E-state index in [1.165, 1.54) is 18.2 Å². The number of carboxylic acids is 1. The van der Waals surface area contributed by atoms with Gasteiger partial charge in [-0.1, -0.05) is 32.0 Å². The number of carboxylic acid groups (broad SMARTS) is 1. The number of halogens is 1. The molecule has 0 unspecified atom stereocenters. The summed E-state index contributed by atoms with van der Waals surface area (Å²) in [5, 5.41) is 9.13. The number of benzene rings is 2. The van der Waals surface area contributed by atoms with E-state index in [4.69, 9.17) is 9.84 Å². The second-order valence-electron chi connectivity index (χ2n) is 5.20. The lowest BCUT2D eigenvalue weighted by Crippen LogP contribution is -2.03. The van der Waals surface area contributed by atoms with E-state index in [0.29, 0.717) is 11.7 Å². The van der Waals surface area contributed by atoms with Gasteiger partial charge >= 0.3 is 5.97 Å². The van der Waals surface area contributed by atoms with Gasteiger partial charge in [-0.15, -0.1) is 0 Å². The van der Waals surface area contributed by atoms with Crippen LogP contribution < -0.4 is 4.74 Å². The van der Waals surface area contributed by atoms with Crippen LogP contribution >= 0.6 is 0 Å². The van der Waals surface area contributed by atoms with Gasteiger partial charge < -0.3 is 9.84 Å². The van der Waals surface area contributed by atoms with Crippen LogP contribution in [0.4, 0.5) is 4.39 Å². The molecule has 0 fully saturated rings. The van der Waals surface area contributed by atoms with E-state index in [1.807, 2.05) is 39.0 Å². The van der Waals surface area contributed by atoms with Crippen LogP contribution in [0.3, 0.4) is 0 Å². The average molecular weight is 288 g/mol. The fourth-order valence-corrected chi connectivity index (χ4v) is 1.98. The van der Waals surface area contributed by atoms with Gasteiger partial charge in [0.05, 0.1) is 0 Å². The molecule has 0 spiro atoms. The summed E-state index contributed by atoms with van der Waals surface area (Å²) in [7, 11) is 0. The summed E-state index contributed by atoms with van der Waals surface area (Å²) in [6.07, 6.45) is 0. The highest BCUT2D eigenvalue weighted by Crippen LogP contribution is 2.32. The number of aromatic carboxylic acids is 1. The first-order valence-electron chi connectivity index (χ1n) is 6.70. The Morgan fingerprint density at radius 1 is 1.24 bits per heavy atom. The molecular weight excluding hydrogens is 271 g/mol. The van der Waals surface area contributed by atoms with Gasteiger partial charge in [0, 0.05) is 0 Å². The van der Waals surface area contributed by atoms with Gasteiger partial charge in [-0.3, -0.25) is 0 Å². The summed E-state index contributed by atoms with van der Waals surface area (Å²) < 4.78 is 19.5. The van der Waals surface area contributed by atoms with Crippen molar-refractivity contribution in [1.82, 2.24) is 0 Å². The normalized spacial score (nSPS) is 10.7. The van der Waals surface area contributed by atoms with Gasteiger partial charge in [0.15, 0.2) is 11.6 Å². The van der Waals surface area contributed by atoms with Crippen LogP contribution in [0.25, 0.3) is 0 Å². The molecule has 0 aliphatic heterocycles. The maximum atomic E-state index is 13.9. The number of rotatable bonds is 4. The van der Waals surface area contributed by atoms with E-state index in [0.717, 1.165) is 11.1 Å². The number of para-hydroxylation sites is 1. The lowest BCUT2D eigenvalue weighted by Gasteiger charge is -2.14. The number of aryl methyl sites for hydroxylation is 1. The van der Waals surface area contributed by atoms with Gasteiger partial charge in [-0.05, 0) is 42.2 Å². The fraction of sp³-hybridized carbons (Fsp3) is 0.235. The second-order valence-corrected chi connectivity index (χ2v) is 5.20. The first-order chi connectivity index (χ1) is 9.90. The zero-order valence-corrected chi connectivity index (χ0v) is 12.2. The Kier molecular flexibility index (Phi) is 4.26. The smallest absolute Gasteiger partial charge is 0.339 e. The monoisotopic (exact) mass is 288 g/mol. The first-order valence-corrected chi connectivity index (χ1v) is 6.70. The molecule has 0 saturated carbocycles. The minimum Gasteiger partial charge on any atom is -0.478 e. The van der Waals surface area contributed by atoms with E-state index in [-0.39, 0.29) is 11.3 Å². The van der Waals surface area contributed by atoms with Crippen molar-refractivity contribution in [2.45, 2.75) is 26.7 Å². The van der Waals surface area contributed by atoms with E-state index in [1.54, 1.807) is 0 Å². The standard InChI is InChI=1S/C17H17FO3/c1-10(2)12-8-7-11(3)15(9-12)21-16-13(17(19)20)5-4-6-14(16)18/h4-10H,1-3H3,(H,19,20). The van der Waals surface area contributed by atoms with Crippen molar-refractivity contribution in [3.05, 3.63) is 58.9 Å². The Morgan fingerprint density at radius 3 is 2.57 bits per heavy atom. The molecule has 110 valence electrons. The number of ether oxygens (including phenoxy) is 1. The van der Waals surface area contributed by atoms with Crippen LogP contribution in [0.1, 0.15) is 41.3 Å². The molecule has 2 aromatic carbocycles. The van der Waals surface area contributed by atoms with E-state index in [9.17, 15) is 9.18 Å². The van der Waals surface area contributed by atoms with Crippen molar-refractivity contribution in [3.63, 3.8) is 0 Å². The summed E-state index contributed by atoms with van der Waals surface area (Å²) in [5.74, 6) is -1.40. The van der Waals surface area contributed by atoms with Crippen LogP contribution in [0.15, 0.2) is 36.4 Å². The fourth-order valence-electron chi connectivity index (χ4n) is 1.98. The van der Waals surface area contributed by atoms with Crippen molar-refractivity contribution in [2.24, 2.45) is 0 Å². The van der Waals surface area contributed by atoms with Crippen LogP contribution in [0.5, 0.6) is 11.5 Å². The molecular formula is C17H17FO3. The molecule has 0 aromatic heterocycles. The summed E-state index contributed by atoms with van der Waals surface area (Å²) in [6.45, 7) is 5.92. The average Bonchev–Trinajstić information content (AvgIpc) is 2.42. The van der Waals surface area contributed by atoms with E-state index < -0.39 is 11.8 Å². The molecule has 0 heterocycles. The SMILES string of the molecule is Cc1ccc(C(C)C)cc1Oc1c(F)cccc1C(=O)O. The van der Waals surface area contributed by atoms with Gasteiger partial charge in [0.1, 0.15) is 11.3 Å². The molecule has 0 radical (unpaired) electrons. The van der Waals surface area contributed by atoms with Crippen molar-refractivity contribution in [2.75, 3.05) is 0 Å². The Balaban J connectivity index is 2.48. The van der Waals surface area contributed by atoms with Crippen LogP contribution in [-0.4, -0.2) is 11.1 Å². The molecule has 0 aliphatic carbocycles. The summed E-state index contributed by atoms with van der Waals surface area (Å²) in [4.78, 5) is 11.2. The van der Waals surface area contributed by atoms with Crippen LogP contribution in [-0.2, 0) is 0 Å². The highest BCUT2D eigenvalue weighted by atomic mass is 19.1. The molecule has 3 nitrogen and oxygen atoms in total. The Bertz CT molecular complexity index is 678. The molecule has 0 amide bonds. The summed E-state index contributed by atoms with van der Waals surface area (Å²) in [6, 6.07) is 9.53. The third kappa shape index (κ3) is 3.21. The topological polar surface area (TPSA) is 46.5 Å². The van der Waals surface area contributed by atoms with Crippen LogP contribution in [0.2, 0.25) is 0 Å². The zero-order chi connectivity index (χ0) is 15.6.